The maximum absolute atomic E-state index is 13.3. The predicted octanol–water partition coefficient (Wildman–Crippen LogP) is 3.23. The van der Waals surface area contributed by atoms with E-state index in [0.29, 0.717) is 5.69 Å². The minimum atomic E-state index is -4.84. The van der Waals surface area contributed by atoms with E-state index in [9.17, 15) is 23.2 Å². The van der Waals surface area contributed by atoms with Crippen LogP contribution < -0.4 is 26.3 Å². The van der Waals surface area contributed by atoms with Crippen LogP contribution in [0.25, 0.3) is 11.2 Å². The van der Waals surface area contributed by atoms with E-state index in [1.54, 1.807) is 12.1 Å². The molecule has 0 unspecified atom stereocenters. The van der Waals surface area contributed by atoms with Crippen LogP contribution in [0.1, 0.15) is 21.7 Å². The normalized spacial score (nSPS) is 11.1. The molecule has 0 radical (unpaired) electrons. The number of H-pyrrole nitrogens is 1. The molecule has 7 N–H and O–H groups in total. The topological polar surface area (TPSA) is 202 Å². The van der Waals surface area contributed by atoms with Gasteiger partial charge in [0.25, 0.3) is 11.8 Å². The minimum absolute atomic E-state index is 0.0900. The van der Waals surface area contributed by atoms with Crippen molar-refractivity contribution in [3.8, 4) is 29.5 Å². The number of rotatable bonds is 6. The quantitative estimate of drug-likeness (QED) is 0.196. The van der Waals surface area contributed by atoms with Crippen LogP contribution in [0.4, 0.5) is 18.9 Å². The first-order valence-electron chi connectivity index (χ1n) is 9.79. The highest BCUT2D eigenvalue weighted by molar-refractivity contribution is 5.96. The van der Waals surface area contributed by atoms with E-state index < -0.39 is 35.4 Å². The third kappa shape index (κ3) is 5.07. The van der Waals surface area contributed by atoms with Gasteiger partial charge in [0, 0.05) is 11.8 Å². The molecular formula is C21H14F3N9O3. The second-order valence-corrected chi connectivity index (χ2v) is 7.05. The summed E-state index contributed by atoms with van der Waals surface area (Å²) in [6.45, 7) is 0. The van der Waals surface area contributed by atoms with Crippen LogP contribution in [0.3, 0.4) is 0 Å². The molecule has 4 rings (SSSR count). The Morgan fingerprint density at radius 1 is 1.11 bits per heavy atom. The van der Waals surface area contributed by atoms with Crippen LogP contribution >= 0.6 is 0 Å². The van der Waals surface area contributed by atoms with Crippen molar-refractivity contribution in [3.63, 3.8) is 0 Å². The molecular weight excluding hydrogens is 483 g/mol. The number of benzene rings is 2. The number of amides is 1. The van der Waals surface area contributed by atoms with Gasteiger partial charge in [-0.25, -0.2) is 4.98 Å². The molecule has 1 amide bonds. The number of carbonyl (C=O) groups is 1. The molecule has 182 valence electrons. The van der Waals surface area contributed by atoms with Crippen LogP contribution in [0.15, 0.2) is 42.5 Å². The molecule has 0 fully saturated rings. The molecule has 15 heteroatoms. The summed E-state index contributed by atoms with van der Waals surface area (Å²) in [6, 6.07) is 11.2. The van der Waals surface area contributed by atoms with E-state index >= 15 is 0 Å². The largest absolute Gasteiger partial charge is 0.449 e. The van der Waals surface area contributed by atoms with Gasteiger partial charge in [0.2, 0.25) is 5.82 Å². The number of aromatic amines is 1. The lowest BCUT2D eigenvalue weighted by atomic mass is 10.1. The fourth-order valence-electron chi connectivity index (χ4n) is 2.99. The molecule has 0 aliphatic heterocycles. The number of carbonyl (C=O) groups excluding carboxylic acids is 1. The van der Waals surface area contributed by atoms with Gasteiger partial charge in [-0.05, 0) is 30.3 Å². The Hall–Kier alpha value is -5.39. The summed E-state index contributed by atoms with van der Waals surface area (Å²) in [6.07, 6.45) is -4.84. The van der Waals surface area contributed by atoms with Crippen molar-refractivity contribution in [2.45, 2.75) is 6.18 Å². The number of hydrogen-bond donors (Lipinski definition) is 5. The van der Waals surface area contributed by atoms with Gasteiger partial charge in [-0.2, -0.15) is 28.4 Å². The van der Waals surface area contributed by atoms with Crippen molar-refractivity contribution < 1.29 is 27.4 Å². The summed E-state index contributed by atoms with van der Waals surface area (Å²) < 4.78 is 51.1. The zero-order valence-electron chi connectivity index (χ0n) is 17.8. The maximum atomic E-state index is 13.3. The van der Waals surface area contributed by atoms with Crippen molar-refractivity contribution in [1.82, 2.24) is 19.9 Å². The van der Waals surface area contributed by atoms with E-state index in [1.165, 1.54) is 30.3 Å². The standard InChI is InChI=1S/C21H14F3N9O3/c22-21(23,24)18-30-14-16(31-18)32-20(35-11-3-1-2-10(7-11)29-19(27)28)33-17(14)36-13-6-9(8-25)4-5-12(13)15(26)34/h1-7H,(H2,26,34)(H4,27,28,29)(H,30,31,32,33). The summed E-state index contributed by atoms with van der Waals surface area (Å²) in [7, 11) is 0. The van der Waals surface area contributed by atoms with Gasteiger partial charge in [0.1, 0.15) is 17.0 Å². The van der Waals surface area contributed by atoms with Crippen molar-refractivity contribution in [2.24, 2.45) is 11.5 Å². The number of imidazole rings is 1. The van der Waals surface area contributed by atoms with Gasteiger partial charge in [-0.15, -0.1) is 0 Å². The Kier molecular flexibility index (Phi) is 6.00. The Bertz CT molecular complexity index is 1540. The average molecular weight is 497 g/mol. The van der Waals surface area contributed by atoms with Gasteiger partial charge in [-0.3, -0.25) is 10.2 Å². The summed E-state index contributed by atoms with van der Waals surface area (Å²) in [5.74, 6) is -3.19. The van der Waals surface area contributed by atoms with Crippen LogP contribution in [0.5, 0.6) is 23.4 Å². The molecule has 2 aromatic heterocycles. The predicted molar refractivity (Wildman–Crippen MR) is 118 cm³/mol. The van der Waals surface area contributed by atoms with Crippen LogP contribution in [0, 0.1) is 16.7 Å². The summed E-state index contributed by atoms with van der Waals surface area (Å²) in [4.78, 5) is 25.2. The molecule has 0 saturated heterocycles. The Labute approximate surface area is 199 Å². The number of anilines is 1. The number of alkyl halides is 3. The second kappa shape index (κ2) is 9.10. The molecule has 12 nitrogen and oxygen atoms in total. The highest BCUT2D eigenvalue weighted by Crippen LogP contribution is 2.35. The van der Waals surface area contributed by atoms with Crippen molar-refractivity contribution >= 4 is 28.7 Å². The number of hydrogen-bond acceptors (Lipinski definition) is 8. The zero-order chi connectivity index (χ0) is 26.0. The number of nitrogens with zero attached hydrogens (tertiary/aromatic N) is 4. The molecule has 0 spiro atoms. The Balaban J connectivity index is 1.82. The summed E-state index contributed by atoms with van der Waals surface area (Å²) in [5, 5.41) is 19.0. The maximum Gasteiger partial charge on any atom is 0.449 e. The first-order valence-corrected chi connectivity index (χ1v) is 9.79. The highest BCUT2D eigenvalue weighted by atomic mass is 19.4. The van der Waals surface area contributed by atoms with Gasteiger partial charge >= 0.3 is 12.2 Å². The zero-order valence-corrected chi connectivity index (χ0v) is 17.8. The summed E-state index contributed by atoms with van der Waals surface area (Å²) in [5.41, 5.74) is 10.2. The van der Waals surface area contributed by atoms with Crippen molar-refractivity contribution in [2.75, 3.05) is 5.32 Å². The number of halogens is 3. The SMILES string of the molecule is N#Cc1ccc(C(N)=O)c(Oc2nc(Oc3cccc(NC(=N)N)c3)nc3nc(C(F)(F)F)[nH]c23)c1. The highest BCUT2D eigenvalue weighted by Gasteiger charge is 2.36. The van der Waals surface area contributed by atoms with Gasteiger partial charge in [0.15, 0.2) is 11.6 Å². The number of aromatic nitrogens is 4. The molecule has 0 aliphatic rings. The lowest BCUT2D eigenvalue weighted by molar-refractivity contribution is -0.144. The first-order chi connectivity index (χ1) is 17.0. The fourth-order valence-corrected chi connectivity index (χ4v) is 2.99. The smallest absolute Gasteiger partial charge is 0.436 e. The molecule has 4 aromatic rings. The number of primary amides is 1. The third-order valence-corrected chi connectivity index (χ3v) is 4.47. The van der Waals surface area contributed by atoms with Gasteiger partial charge in [0.05, 0.1) is 17.2 Å². The summed E-state index contributed by atoms with van der Waals surface area (Å²) >= 11 is 0. The van der Waals surface area contributed by atoms with Crippen molar-refractivity contribution in [1.29, 1.82) is 10.7 Å². The van der Waals surface area contributed by atoms with Gasteiger partial charge < -0.3 is 31.2 Å². The van der Waals surface area contributed by atoms with E-state index in [4.69, 9.17) is 26.4 Å². The molecule has 0 bridgehead atoms. The van der Waals surface area contributed by atoms with E-state index in [1.807, 2.05) is 6.07 Å². The average Bonchev–Trinajstić information content (AvgIpc) is 3.24. The van der Waals surface area contributed by atoms with Crippen molar-refractivity contribution in [3.05, 3.63) is 59.4 Å². The number of guanidine groups is 1. The number of nitrogens with two attached hydrogens (primary N) is 2. The lowest BCUT2D eigenvalue weighted by Gasteiger charge is -2.11. The Morgan fingerprint density at radius 2 is 1.89 bits per heavy atom. The Morgan fingerprint density at radius 3 is 2.56 bits per heavy atom. The van der Waals surface area contributed by atoms with Gasteiger partial charge in [-0.1, -0.05) is 6.07 Å². The monoisotopic (exact) mass is 497 g/mol. The number of fused-ring (bicyclic) bond motifs is 1. The van der Waals surface area contributed by atoms with Crippen LogP contribution in [-0.2, 0) is 6.18 Å². The number of nitrogens with one attached hydrogen (secondary N) is 3. The van der Waals surface area contributed by atoms with Crippen LogP contribution in [-0.4, -0.2) is 31.8 Å². The molecule has 36 heavy (non-hydrogen) atoms. The van der Waals surface area contributed by atoms with E-state index in [0.717, 1.165) is 0 Å². The fraction of sp³-hybridized carbons (Fsp3) is 0.0476. The van der Waals surface area contributed by atoms with Crippen LogP contribution in [0.2, 0.25) is 0 Å². The lowest BCUT2D eigenvalue weighted by Crippen LogP contribution is -2.20. The molecule has 0 saturated carbocycles. The number of nitriles is 1. The molecule has 2 heterocycles. The third-order valence-electron chi connectivity index (χ3n) is 4.47. The minimum Gasteiger partial charge on any atom is -0.436 e. The molecule has 0 atom stereocenters. The van der Waals surface area contributed by atoms with E-state index in [-0.39, 0.29) is 34.1 Å². The molecule has 0 aliphatic carbocycles. The second-order valence-electron chi connectivity index (χ2n) is 7.05. The van der Waals surface area contributed by atoms with E-state index in [2.05, 4.69) is 25.3 Å². The molecule has 2 aromatic carbocycles. The number of ether oxygens (including phenoxy) is 2. The first kappa shape index (κ1) is 23.8.